The van der Waals surface area contributed by atoms with E-state index < -0.39 is 0 Å². The van der Waals surface area contributed by atoms with E-state index in [1.807, 2.05) is 0 Å². The Bertz CT molecular complexity index is 602. The normalized spacial score (nSPS) is 26.0. The van der Waals surface area contributed by atoms with Crippen LogP contribution in [0.1, 0.15) is 41.0 Å². The number of hydrogen-bond acceptors (Lipinski definition) is 1. The standard InChI is InChI=1S/C19H20ClN/c20-11-5-10-18-19-16-8-3-1-6-14(16)12-21(18)13-15-7-2-4-9-17(15)19/h1-4,6-9,18-19H,5,10-13H2/t18-/m0/s1. The molecule has 2 aliphatic heterocycles. The van der Waals surface area contributed by atoms with Crippen LogP contribution < -0.4 is 0 Å². The Morgan fingerprint density at radius 3 is 2.05 bits per heavy atom. The molecule has 0 unspecified atom stereocenters. The number of nitrogens with zero attached hydrogens (tertiary/aromatic N) is 1. The van der Waals surface area contributed by atoms with E-state index in [1.54, 1.807) is 0 Å². The third-order valence-electron chi connectivity index (χ3n) is 5.01. The molecule has 21 heavy (non-hydrogen) atoms. The second-order valence-corrected chi connectivity index (χ2v) is 6.56. The summed E-state index contributed by atoms with van der Waals surface area (Å²) in [5, 5.41) is 0. The molecule has 0 aromatic heterocycles. The molecule has 2 heteroatoms. The van der Waals surface area contributed by atoms with Gasteiger partial charge in [-0.25, -0.2) is 0 Å². The molecular weight excluding hydrogens is 278 g/mol. The summed E-state index contributed by atoms with van der Waals surface area (Å²) in [6, 6.07) is 18.5. The smallest absolute Gasteiger partial charge is 0.0252 e. The van der Waals surface area contributed by atoms with Gasteiger partial charge in [0.1, 0.15) is 0 Å². The maximum Gasteiger partial charge on any atom is 0.0252 e. The van der Waals surface area contributed by atoms with Crippen molar-refractivity contribution < 1.29 is 0 Å². The minimum atomic E-state index is 0.517. The maximum absolute atomic E-state index is 5.96. The lowest BCUT2D eigenvalue weighted by molar-refractivity contribution is 0.123. The van der Waals surface area contributed by atoms with Gasteiger partial charge in [0.15, 0.2) is 0 Å². The van der Waals surface area contributed by atoms with Crippen LogP contribution in [-0.4, -0.2) is 16.8 Å². The van der Waals surface area contributed by atoms with Crippen molar-refractivity contribution in [2.75, 3.05) is 5.88 Å². The molecule has 1 nitrogen and oxygen atoms in total. The first-order valence-corrected chi connectivity index (χ1v) is 8.37. The van der Waals surface area contributed by atoms with Gasteiger partial charge in [-0.1, -0.05) is 48.5 Å². The fraction of sp³-hybridized carbons (Fsp3) is 0.368. The van der Waals surface area contributed by atoms with E-state index in [-0.39, 0.29) is 0 Å². The SMILES string of the molecule is ClCCC[C@H]1C2c3ccccc3CN1Cc1ccccc12. The summed E-state index contributed by atoms with van der Waals surface area (Å²) in [5.41, 5.74) is 6.05. The largest absolute Gasteiger partial charge is 0.291 e. The summed E-state index contributed by atoms with van der Waals surface area (Å²) in [7, 11) is 0. The van der Waals surface area contributed by atoms with Gasteiger partial charge in [0, 0.05) is 30.9 Å². The van der Waals surface area contributed by atoms with E-state index in [9.17, 15) is 0 Å². The van der Waals surface area contributed by atoms with Crippen LogP contribution in [-0.2, 0) is 13.1 Å². The van der Waals surface area contributed by atoms with Gasteiger partial charge in [0.2, 0.25) is 0 Å². The van der Waals surface area contributed by atoms with Crippen LogP contribution in [0.2, 0.25) is 0 Å². The molecule has 2 aliphatic rings. The van der Waals surface area contributed by atoms with Crippen molar-refractivity contribution in [1.29, 1.82) is 0 Å². The minimum absolute atomic E-state index is 0.517. The molecule has 1 atom stereocenters. The van der Waals surface area contributed by atoms with E-state index in [1.165, 1.54) is 28.7 Å². The van der Waals surface area contributed by atoms with Crippen molar-refractivity contribution in [1.82, 2.24) is 4.90 Å². The first kappa shape index (κ1) is 13.4. The van der Waals surface area contributed by atoms with Crippen LogP contribution in [0.4, 0.5) is 0 Å². The number of alkyl halides is 1. The average Bonchev–Trinajstić information content (AvgIpc) is 2.52. The molecule has 4 rings (SSSR count). The molecule has 0 saturated heterocycles. The van der Waals surface area contributed by atoms with E-state index >= 15 is 0 Å². The maximum atomic E-state index is 5.96. The van der Waals surface area contributed by atoms with Gasteiger partial charge in [-0.15, -0.1) is 11.6 Å². The van der Waals surface area contributed by atoms with Crippen molar-refractivity contribution in [3.05, 3.63) is 70.8 Å². The Balaban J connectivity index is 1.84. The number of fused-ring (bicyclic) bond motifs is 6. The topological polar surface area (TPSA) is 3.24 Å². The van der Waals surface area contributed by atoms with Gasteiger partial charge in [0.25, 0.3) is 0 Å². The first-order chi connectivity index (χ1) is 10.4. The Kier molecular flexibility index (Phi) is 3.48. The summed E-state index contributed by atoms with van der Waals surface area (Å²) in [6.07, 6.45) is 2.29. The van der Waals surface area contributed by atoms with Crippen molar-refractivity contribution in [2.45, 2.75) is 37.9 Å². The predicted octanol–water partition coefficient (Wildman–Crippen LogP) is 4.54. The van der Waals surface area contributed by atoms with Gasteiger partial charge >= 0.3 is 0 Å². The number of hydrogen-bond donors (Lipinski definition) is 0. The predicted molar refractivity (Wildman–Crippen MR) is 87.7 cm³/mol. The van der Waals surface area contributed by atoms with Crippen LogP contribution in [0.5, 0.6) is 0 Å². The Hall–Kier alpha value is -1.31. The fourth-order valence-electron chi connectivity index (χ4n) is 4.12. The molecule has 0 aliphatic carbocycles. The Morgan fingerprint density at radius 1 is 0.905 bits per heavy atom. The Labute approximate surface area is 131 Å². The van der Waals surface area contributed by atoms with E-state index in [0.717, 1.165) is 25.4 Å². The first-order valence-electron chi connectivity index (χ1n) is 7.84. The molecule has 0 amide bonds. The highest BCUT2D eigenvalue weighted by Crippen LogP contribution is 2.45. The van der Waals surface area contributed by atoms with Gasteiger partial charge in [0.05, 0.1) is 0 Å². The minimum Gasteiger partial charge on any atom is -0.291 e. The summed E-state index contributed by atoms with van der Waals surface area (Å²) < 4.78 is 0. The second kappa shape index (κ2) is 5.47. The van der Waals surface area contributed by atoms with Crippen LogP contribution in [0, 0.1) is 0 Å². The summed E-state index contributed by atoms with van der Waals surface area (Å²) in [6.45, 7) is 2.15. The lowest BCUT2D eigenvalue weighted by Crippen LogP contribution is -2.46. The van der Waals surface area contributed by atoms with Crippen molar-refractivity contribution in [3.8, 4) is 0 Å². The van der Waals surface area contributed by atoms with Crippen LogP contribution in [0.25, 0.3) is 0 Å². The highest BCUT2D eigenvalue weighted by Gasteiger charge is 2.39. The monoisotopic (exact) mass is 297 g/mol. The number of rotatable bonds is 3. The number of benzene rings is 2. The molecule has 0 N–H and O–H groups in total. The molecule has 2 aromatic rings. The van der Waals surface area contributed by atoms with Crippen molar-refractivity contribution in [3.63, 3.8) is 0 Å². The van der Waals surface area contributed by atoms with E-state index in [0.29, 0.717) is 12.0 Å². The fourth-order valence-corrected chi connectivity index (χ4v) is 4.27. The zero-order valence-corrected chi connectivity index (χ0v) is 12.9. The zero-order chi connectivity index (χ0) is 14.2. The van der Waals surface area contributed by atoms with Crippen molar-refractivity contribution in [2.24, 2.45) is 0 Å². The highest BCUT2D eigenvalue weighted by atomic mass is 35.5. The van der Waals surface area contributed by atoms with Gasteiger partial charge in [-0.3, -0.25) is 4.90 Å². The van der Waals surface area contributed by atoms with Crippen LogP contribution in [0.15, 0.2) is 48.5 Å². The van der Waals surface area contributed by atoms with Crippen molar-refractivity contribution >= 4 is 11.6 Å². The molecule has 2 aromatic carbocycles. The molecule has 2 bridgehead atoms. The molecule has 0 spiro atoms. The Morgan fingerprint density at radius 2 is 1.48 bits per heavy atom. The van der Waals surface area contributed by atoms with Gasteiger partial charge in [-0.05, 0) is 35.1 Å². The highest BCUT2D eigenvalue weighted by molar-refractivity contribution is 6.17. The summed E-state index contributed by atoms with van der Waals surface area (Å²) >= 11 is 5.96. The zero-order valence-electron chi connectivity index (χ0n) is 12.1. The molecule has 0 fully saturated rings. The van der Waals surface area contributed by atoms with Crippen LogP contribution >= 0.6 is 11.6 Å². The van der Waals surface area contributed by atoms with Crippen LogP contribution in [0.3, 0.4) is 0 Å². The lowest BCUT2D eigenvalue weighted by atomic mass is 9.73. The average molecular weight is 298 g/mol. The molecule has 0 saturated carbocycles. The molecule has 2 heterocycles. The van der Waals surface area contributed by atoms with Gasteiger partial charge in [-0.2, -0.15) is 0 Å². The molecule has 0 radical (unpaired) electrons. The summed E-state index contributed by atoms with van der Waals surface area (Å²) in [4.78, 5) is 2.65. The lowest BCUT2D eigenvalue weighted by Gasteiger charge is -2.47. The molecule has 108 valence electrons. The van der Waals surface area contributed by atoms with E-state index in [4.69, 9.17) is 11.6 Å². The summed E-state index contributed by atoms with van der Waals surface area (Å²) in [5.74, 6) is 1.28. The number of halogens is 1. The quantitative estimate of drug-likeness (QED) is 0.752. The van der Waals surface area contributed by atoms with E-state index in [2.05, 4.69) is 53.4 Å². The third-order valence-corrected chi connectivity index (χ3v) is 5.28. The third kappa shape index (κ3) is 2.20. The molecular formula is C19H20ClN. The van der Waals surface area contributed by atoms with Gasteiger partial charge < -0.3 is 0 Å². The second-order valence-electron chi connectivity index (χ2n) is 6.18.